The Labute approximate surface area is 160 Å². The van der Waals surface area contributed by atoms with E-state index in [2.05, 4.69) is 10.3 Å². The molecule has 2 aromatic carbocycles. The predicted molar refractivity (Wildman–Crippen MR) is 108 cm³/mol. The number of carboxylic acids is 1. The van der Waals surface area contributed by atoms with E-state index in [1.54, 1.807) is 17.4 Å². The van der Waals surface area contributed by atoms with Crippen LogP contribution < -0.4 is 5.32 Å². The van der Waals surface area contributed by atoms with Crippen molar-refractivity contribution in [3.8, 4) is 11.3 Å². The van der Waals surface area contributed by atoms with Crippen LogP contribution in [-0.2, 0) is 11.3 Å². The number of carboxylic acid groups (broad SMARTS) is 1. The second-order valence-corrected chi connectivity index (χ2v) is 7.05. The zero-order chi connectivity index (χ0) is 18.5. The molecule has 0 bridgehead atoms. The molecule has 0 aliphatic carbocycles. The molecule has 0 radical (unpaired) electrons. The van der Waals surface area contributed by atoms with Gasteiger partial charge in [0, 0.05) is 27.7 Å². The highest BCUT2D eigenvalue weighted by molar-refractivity contribution is 7.10. The number of rotatable bonds is 6. The average molecular weight is 385 g/mol. The van der Waals surface area contributed by atoms with Crippen LogP contribution in [0.2, 0.25) is 5.02 Å². The molecular weight excluding hydrogens is 368 g/mol. The minimum Gasteiger partial charge on any atom is -0.478 e. The Hall–Kier alpha value is -2.63. The minimum absolute atomic E-state index is 0.610. The zero-order valence-corrected chi connectivity index (χ0v) is 15.6. The lowest BCUT2D eigenvalue weighted by atomic mass is 10.1. The summed E-state index contributed by atoms with van der Waals surface area (Å²) in [4.78, 5) is 15.3. The van der Waals surface area contributed by atoms with Crippen LogP contribution in [0.4, 0.5) is 5.69 Å². The fraction of sp³-hybridized carbons (Fsp3) is 0.100. The fourth-order valence-electron chi connectivity index (χ4n) is 2.50. The van der Waals surface area contributed by atoms with E-state index < -0.39 is 5.97 Å². The second kappa shape index (κ2) is 8.17. The molecule has 0 saturated heterocycles. The molecule has 6 heteroatoms. The molecule has 1 heterocycles. The summed E-state index contributed by atoms with van der Waals surface area (Å²) in [5, 5.41) is 15.7. The van der Waals surface area contributed by atoms with Crippen molar-refractivity contribution in [3.63, 3.8) is 0 Å². The third-order valence-electron chi connectivity index (χ3n) is 3.82. The monoisotopic (exact) mass is 384 g/mol. The molecule has 0 saturated carbocycles. The Kier molecular flexibility index (Phi) is 5.71. The van der Waals surface area contributed by atoms with Gasteiger partial charge in [0.2, 0.25) is 0 Å². The van der Waals surface area contributed by atoms with Gasteiger partial charge in [0.05, 0.1) is 12.2 Å². The number of aryl methyl sites for hydroxylation is 1. The van der Waals surface area contributed by atoms with Crippen LogP contribution in [0, 0.1) is 6.92 Å². The number of hydrogen-bond donors (Lipinski definition) is 2. The van der Waals surface area contributed by atoms with E-state index >= 15 is 0 Å². The number of carbonyl (C=O) groups is 1. The van der Waals surface area contributed by atoms with E-state index in [0.717, 1.165) is 39.2 Å². The van der Waals surface area contributed by atoms with Gasteiger partial charge in [-0.05, 0) is 42.3 Å². The van der Waals surface area contributed by atoms with Crippen LogP contribution >= 0.6 is 22.9 Å². The molecule has 132 valence electrons. The highest BCUT2D eigenvalue weighted by atomic mass is 35.5. The first kappa shape index (κ1) is 18.2. The Bertz CT molecular complexity index is 966. The van der Waals surface area contributed by atoms with Crippen molar-refractivity contribution in [2.75, 3.05) is 5.32 Å². The van der Waals surface area contributed by atoms with Crippen molar-refractivity contribution < 1.29 is 9.90 Å². The van der Waals surface area contributed by atoms with E-state index in [4.69, 9.17) is 16.7 Å². The van der Waals surface area contributed by atoms with Gasteiger partial charge < -0.3 is 10.4 Å². The quantitative estimate of drug-likeness (QED) is 0.552. The molecule has 0 amide bonds. The molecule has 2 N–H and O–H groups in total. The molecule has 0 spiro atoms. The molecule has 0 unspecified atom stereocenters. The predicted octanol–water partition coefficient (Wildman–Crippen LogP) is 5.48. The zero-order valence-electron chi connectivity index (χ0n) is 14.1. The average Bonchev–Trinajstić information content (AvgIpc) is 3.08. The maximum Gasteiger partial charge on any atom is 0.328 e. The van der Waals surface area contributed by atoms with Crippen molar-refractivity contribution in [2.24, 2.45) is 0 Å². The fourth-order valence-corrected chi connectivity index (χ4v) is 3.46. The van der Waals surface area contributed by atoms with Crippen molar-refractivity contribution in [3.05, 3.63) is 75.1 Å². The first-order chi connectivity index (χ1) is 12.5. The summed E-state index contributed by atoms with van der Waals surface area (Å²) in [6, 6.07) is 13.5. The maximum absolute atomic E-state index is 10.6. The number of aliphatic carboxylic acids is 1. The maximum atomic E-state index is 10.6. The Morgan fingerprint density at radius 3 is 2.85 bits per heavy atom. The van der Waals surface area contributed by atoms with Crippen LogP contribution in [0.25, 0.3) is 17.3 Å². The first-order valence-electron chi connectivity index (χ1n) is 7.98. The Morgan fingerprint density at radius 1 is 1.31 bits per heavy atom. The number of benzene rings is 2. The highest BCUT2D eigenvalue weighted by Crippen LogP contribution is 2.28. The van der Waals surface area contributed by atoms with Crippen LogP contribution in [0.1, 0.15) is 16.1 Å². The summed E-state index contributed by atoms with van der Waals surface area (Å²) in [5.41, 5.74) is 4.66. The van der Waals surface area contributed by atoms with E-state index in [-0.39, 0.29) is 0 Å². The number of nitrogens with zero attached hydrogens (tertiary/aromatic N) is 1. The molecule has 1 aromatic heterocycles. The van der Waals surface area contributed by atoms with Gasteiger partial charge in [-0.3, -0.25) is 0 Å². The number of halogens is 1. The summed E-state index contributed by atoms with van der Waals surface area (Å²) in [7, 11) is 0. The largest absolute Gasteiger partial charge is 0.478 e. The SMILES string of the molecule is Cc1cc(NCc2nc(-c3ccccc3Cl)cs2)ccc1/C=C/C(=O)O. The Morgan fingerprint density at radius 2 is 2.12 bits per heavy atom. The molecule has 3 rings (SSSR count). The highest BCUT2D eigenvalue weighted by Gasteiger charge is 2.08. The lowest BCUT2D eigenvalue weighted by molar-refractivity contribution is -0.131. The van der Waals surface area contributed by atoms with Gasteiger partial charge in [0.15, 0.2) is 0 Å². The van der Waals surface area contributed by atoms with Gasteiger partial charge in [-0.25, -0.2) is 9.78 Å². The first-order valence-corrected chi connectivity index (χ1v) is 9.23. The number of nitrogens with one attached hydrogen (secondary N) is 1. The summed E-state index contributed by atoms with van der Waals surface area (Å²) < 4.78 is 0. The number of anilines is 1. The van der Waals surface area contributed by atoms with Crippen molar-refractivity contribution in [1.29, 1.82) is 0 Å². The summed E-state index contributed by atoms with van der Waals surface area (Å²) >= 11 is 7.81. The molecule has 26 heavy (non-hydrogen) atoms. The minimum atomic E-state index is -0.954. The normalized spacial score (nSPS) is 11.0. The third-order valence-corrected chi connectivity index (χ3v) is 5.00. The van der Waals surface area contributed by atoms with Gasteiger partial charge in [0.1, 0.15) is 5.01 Å². The van der Waals surface area contributed by atoms with Crippen LogP contribution in [0.3, 0.4) is 0 Å². The summed E-state index contributed by atoms with van der Waals surface area (Å²) in [5.74, 6) is -0.954. The molecule has 4 nitrogen and oxygen atoms in total. The van der Waals surface area contributed by atoms with Crippen molar-refractivity contribution >= 4 is 40.7 Å². The van der Waals surface area contributed by atoms with Gasteiger partial charge in [-0.15, -0.1) is 11.3 Å². The molecule has 0 atom stereocenters. The summed E-state index contributed by atoms with van der Waals surface area (Å²) in [6.45, 7) is 2.56. The van der Waals surface area contributed by atoms with E-state index in [1.165, 1.54) is 0 Å². The standard InChI is InChI=1S/C20H17ClN2O2S/c1-13-10-15(8-6-14(13)7-9-20(24)25)22-11-19-23-18(12-26-19)16-4-2-3-5-17(16)21/h2-10,12,22H,11H2,1H3,(H,24,25)/b9-7+. The van der Waals surface area contributed by atoms with Gasteiger partial charge in [-0.1, -0.05) is 35.9 Å². The molecule has 0 fully saturated rings. The molecule has 0 aliphatic rings. The van der Waals surface area contributed by atoms with Gasteiger partial charge >= 0.3 is 5.97 Å². The van der Waals surface area contributed by atoms with Crippen LogP contribution in [-0.4, -0.2) is 16.1 Å². The summed E-state index contributed by atoms with van der Waals surface area (Å²) in [6.07, 6.45) is 2.74. The third kappa shape index (κ3) is 4.50. The van der Waals surface area contributed by atoms with Crippen molar-refractivity contribution in [1.82, 2.24) is 4.98 Å². The number of thiazole rings is 1. The van der Waals surface area contributed by atoms with E-state index in [1.807, 2.05) is 54.8 Å². The molecular formula is C20H17ClN2O2S. The van der Waals surface area contributed by atoms with Crippen LogP contribution in [0.5, 0.6) is 0 Å². The smallest absolute Gasteiger partial charge is 0.328 e. The van der Waals surface area contributed by atoms with Crippen LogP contribution in [0.15, 0.2) is 53.9 Å². The van der Waals surface area contributed by atoms with E-state index in [0.29, 0.717) is 11.6 Å². The number of aromatic nitrogens is 1. The van der Waals surface area contributed by atoms with Gasteiger partial charge in [0.25, 0.3) is 0 Å². The molecule has 3 aromatic rings. The van der Waals surface area contributed by atoms with E-state index in [9.17, 15) is 4.79 Å². The molecule has 0 aliphatic heterocycles. The number of hydrogen-bond acceptors (Lipinski definition) is 4. The Balaban J connectivity index is 1.67. The lowest BCUT2D eigenvalue weighted by Crippen LogP contribution is -1.99. The topological polar surface area (TPSA) is 62.2 Å². The van der Waals surface area contributed by atoms with Gasteiger partial charge in [-0.2, -0.15) is 0 Å². The second-order valence-electron chi connectivity index (χ2n) is 5.70. The van der Waals surface area contributed by atoms with Crippen molar-refractivity contribution in [2.45, 2.75) is 13.5 Å². The lowest BCUT2D eigenvalue weighted by Gasteiger charge is -2.07.